The van der Waals surface area contributed by atoms with Gasteiger partial charge in [0, 0.05) is 32.4 Å². The maximum Gasteiger partial charge on any atom is 0.211 e. The van der Waals surface area contributed by atoms with Crippen molar-refractivity contribution in [2.75, 3.05) is 37.3 Å². The van der Waals surface area contributed by atoms with E-state index < -0.39 is 10.0 Å². The Kier molecular flexibility index (Phi) is 3.79. The Balaban J connectivity index is 2.05. The van der Waals surface area contributed by atoms with Gasteiger partial charge >= 0.3 is 0 Å². The van der Waals surface area contributed by atoms with Crippen LogP contribution in [0.25, 0.3) is 0 Å². The third-order valence-corrected chi connectivity index (χ3v) is 4.17. The van der Waals surface area contributed by atoms with E-state index in [-0.39, 0.29) is 6.61 Å². The van der Waals surface area contributed by atoms with Crippen LogP contribution in [-0.4, -0.2) is 60.2 Å². The van der Waals surface area contributed by atoms with Gasteiger partial charge in [-0.2, -0.15) is 4.31 Å². The highest BCUT2D eigenvalue weighted by Gasteiger charge is 2.24. The lowest BCUT2D eigenvalue weighted by Gasteiger charge is -2.33. The summed E-state index contributed by atoms with van der Waals surface area (Å²) in [4.78, 5) is 10.1. The normalized spacial score (nSPS) is 18.0. The predicted octanol–water partition coefficient (Wildman–Crippen LogP) is -0.949. The molecule has 0 bridgehead atoms. The molecule has 0 spiro atoms. The Morgan fingerprint density at radius 3 is 2.56 bits per heavy atom. The number of sulfonamides is 1. The molecule has 1 aromatic rings. The second-order valence-corrected chi connectivity index (χ2v) is 6.12. The number of piperazine rings is 1. The topological polar surface area (TPSA) is 86.6 Å². The zero-order valence-electron chi connectivity index (χ0n) is 10.2. The van der Waals surface area contributed by atoms with E-state index in [1.54, 1.807) is 12.3 Å². The molecule has 8 heteroatoms. The van der Waals surface area contributed by atoms with Crippen LogP contribution in [0, 0.1) is 0 Å². The molecule has 0 radical (unpaired) electrons. The fourth-order valence-corrected chi connectivity index (χ4v) is 2.72. The number of aromatic nitrogens is 2. The fraction of sp³-hybridized carbons (Fsp3) is 0.600. The summed E-state index contributed by atoms with van der Waals surface area (Å²) in [6.07, 6.45) is 2.81. The van der Waals surface area contributed by atoms with Crippen LogP contribution < -0.4 is 4.90 Å². The smallest absolute Gasteiger partial charge is 0.211 e. The second-order valence-electron chi connectivity index (χ2n) is 4.14. The molecule has 2 rings (SSSR count). The highest BCUT2D eigenvalue weighted by molar-refractivity contribution is 7.88. The average molecular weight is 272 g/mol. The van der Waals surface area contributed by atoms with Crippen LogP contribution in [0.5, 0.6) is 0 Å². The molecule has 18 heavy (non-hydrogen) atoms. The summed E-state index contributed by atoms with van der Waals surface area (Å²) in [5, 5.41) is 8.98. The molecule has 0 atom stereocenters. The molecule has 100 valence electrons. The molecule has 1 N–H and O–H groups in total. The van der Waals surface area contributed by atoms with Crippen LogP contribution in [-0.2, 0) is 16.6 Å². The Morgan fingerprint density at radius 1 is 1.33 bits per heavy atom. The number of rotatable bonds is 3. The lowest BCUT2D eigenvalue weighted by Crippen LogP contribution is -2.48. The maximum absolute atomic E-state index is 11.4. The van der Waals surface area contributed by atoms with Crippen LogP contribution >= 0.6 is 0 Å². The number of aliphatic hydroxyl groups excluding tert-OH is 1. The number of aliphatic hydroxyl groups is 1. The number of hydrogen-bond donors (Lipinski definition) is 1. The summed E-state index contributed by atoms with van der Waals surface area (Å²) in [5.41, 5.74) is 0. The number of nitrogens with zero attached hydrogens (tertiary/aromatic N) is 4. The van der Waals surface area contributed by atoms with Crippen molar-refractivity contribution in [1.82, 2.24) is 14.3 Å². The first-order chi connectivity index (χ1) is 8.50. The molecule has 0 aliphatic carbocycles. The van der Waals surface area contributed by atoms with Crippen molar-refractivity contribution in [1.29, 1.82) is 0 Å². The van der Waals surface area contributed by atoms with Gasteiger partial charge in [-0.3, -0.25) is 0 Å². The first kappa shape index (κ1) is 13.2. The largest absolute Gasteiger partial charge is 0.388 e. The van der Waals surface area contributed by atoms with Crippen LogP contribution in [0.4, 0.5) is 5.82 Å². The molecule has 0 aromatic carbocycles. The van der Waals surface area contributed by atoms with Gasteiger partial charge in [-0.25, -0.2) is 18.4 Å². The van der Waals surface area contributed by atoms with Crippen molar-refractivity contribution < 1.29 is 13.5 Å². The van der Waals surface area contributed by atoms with Crippen LogP contribution in [0.15, 0.2) is 12.3 Å². The van der Waals surface area contributed by atoms with Crippen molar-refractivity contribution in [3.05, 3.63) is 18.1 Å². The molecule has 0 unspecified atom stereocenters. The first-order valence-corrected chi connectivity index (χ1v) is 7.48. The van der Waals surface area contributed by atoms with Crippen LogP contribution in [0.3, 0.4) is 0 Å². The average Bonchev–Trinajstić information content (AvgIpc) is 2.38. The third-order valence-electron chi connectivity index (χ3n) is 2.86. The van der Waals surface area contributed by atoms with Gasteiger partial charge in [-0.1, -0.05) is 0 Å². The molecule has 0 saturated carbocycles. The summed E-state index contributed by atoms with van der Waals surface area (Å²) in [6, 6.07) is 1.76. The van der Waals surface area contributed by atoms with E-state index in [2.05, 4.69) is 9.97 Å². The van der Waals surface area contributed by atoms with Gasteiger partial charge < -0.3 is 10.0 Å². The Morgan fingerprint density at radius 2 is 2.00 bits per heavy atom. The Hall–Kier alpha value is -1.25. The van der Waals surface area contributed by atoms with Gasteiger partial charge in [0.15, 0.2) is 5.82 Å². The minimum atomic E-state index is -3.11. The fourth-order valence-electron chi connectivity index (χ4n) is 1.89. The summed E-state index contributed by atoms with van der Waals surface area (Å²) in [6.45, 7) is 1.90. The zero-order chi connectivity index (χ0) is 13.2. The highest BCUT2D eigenvalue weighted by Crippen LogP contribution is 2.14. The van der Waals surface area contributed by atoms with E-state index in [1.165, 1.54) is 10.6 Å². The van der Waals surface area contributed by atoms with E-state index in [1.807, 2.05) is 4.90 Å². The van der Waals surface area contributed by atoms with E-state index in [0.717, 1.165) is 5.82 Å². The van der Waals surface area contributed by atoms with Crippen molar-refractivity contribution in [3.8, 4) is 0 Å². The molecule has 1 aromatic heterocycles. The minimum absolute atomic E-state index is 0.197. The predicted molar refractivity (Wildman–Crippen MR) is 66.6 cm³/mol. The summed E-state index contributed by atoms with van der Waals surface area (Å²) in [7, 11) is -3.11. The van der Waals surface area contributed by atoms with Gasteiger partial charge in [0.2, 0.25) is 10.0 Å². The molecule has 7 nitrogen and oxygen atoms in total. The van der Waals surface area contributed by atoms with Crippen LogP contribution in [0.2, 0.25) is 0 Å². The second kappa shape index (κ2) is 5.17. The molecular weight excluding hydrogens is 256 g/mol. The molecule has 2 heterocycles. The monoisotopic (exact) mass is 272 g/mol. The molecule has 1 aliphatic heterocycles. The van der Waals surface area contributed by atoms with Crippen molar-refractivity contribution in [2.24, 2.45) is 0 Å². The molecule has 1 saturated heterocycles. The van der Waals surface area contributed by atoms with Gasteiger partial charge in [0.25, 0.3) is 0 Å². The van der Waals surface area contributed by atoms with Crippen LogP contribution in [0.1, 0.15) is 5.82 Å². The van der Waals surface area contributed by atoms with E-state index in [0.29, 0.717) is 32.0 Å². The molecule has 1 fully saturated rings. The zero-order valence-corrected chi connectivity index (χ0v) is 11.0. The summed E-state index contributed by atoms with van der Waals surface area (Å²) >= 11 is 0. The van der Waals surface area contributed by atoms with Gasteiger partial charge in [0.05, 0.1) is 6.26 Å². The quantitative estimate of drug-likeness (QED) is 0.763. The molecular formula is C10H16N4O3S. The molecule has 1 aliphatic rings. The van der Waals surface area contributed by atoms with Crippen molar-refractivity contribution in [3.63, 3.8) is 0 Å². The van der Waals surface area contributed by atoms with E-state index in [9.17, 15) is 8.42 Å². The first-order valence-electron chi connectivity index (χ1n) is 5.63. The van der Waals surface area contributed by atoms with Crippen molar-refractivity contribution >= 4 is 15.8 Å². The van der Waals surface area contributed by atoms with Gasteiger partial charge in [-0.05, 0) is 6.07 Å². The lowest BCUT2D eigenvalue weighted by molar-refractivity contribution is 0.271. The maximum atomic E-state index is 11.4. The lowest BCUT2D eigenvalue weighted by atomic mass is 10.3. The number of hydrogen-bond acceptors (Lipinski definition) is 6. The summed E-state index contributed by atoms with van der Waals surface area (Å²) in [5.74, 6) is 1.10. The standard InChI is InChI=1S/C10H16N4O3S/c1-18(16,17)14-6-4-13(5-7-14)10-2-3-11-9(8-15)12-10/h2-3,15H,4-8H2,1H3. The van der Waals surface area contributed by atoms with E-state index in [4.69, 9.17) is 5.11 Å². The van der Waals surface area contributed by atoms with Crippen molar-refractivity contribution in [2.45, 2.75) is 6.61 Å². The van der Waals surface area contributed by atoms with Gasteiger partial charge in [-0.15, -0.1) is 0 Å². The van der Waals surface area contributed by atoms with Gasteiger partial charge in [0.1, 0.15) is 12.4 Å². The molecule has 0 amide bonds. The SMILES string of the molecule is CS(=O)(=O)N1CCN(c2ccnc(CO)n2)CC1. The highest BCUT2D eigenvalue weighted by atomic mass is 32.2. The summed E-state index contributed by atoms with van der Waals surface area (Å²) < 4.78 is 24.2. The minimum Gasteiger partial charge on any atom is -0.388 e. The van der Waals surface area contributed by atoms with E-state index >= 15 is 0 Å². The third kappa shape index (κ3) is 2.95. The number of anilines is 1. The Labute approximate surface area is 106 Å². The Bertz CT molecular complexity index is 512.